The van der Waals surface area contributed by atoms with Gasteiger partial charge in [0.25, 0.3) is 0 Å². The molecule has 0 aliphatic carbocycles. The van der Waals surface area contributed by atoms with Gasteiger partial charge >= 0.3 is 0 Å². The van der Waals surface area contributed by atoms with Crippen LogP contribution in [0.15, 0.2) is 12.7 Å². The van der Waals surface area contributed by atoms with E-state index >= 15 is 0 Å². The van der Waals surface area contributed by atoms with Crippen LogP contribution in [0.4, 0.5) is 0 Å². The summed E-state index contributed by atoms with van der Waals surface area (Å²) < 4.78 is 0. The van der Waals surface area contributed by atoms with Gasteiger partial charge in [-0.3, -0.25) is 0 Å². The summed E-state index contributed by atoms with van der Waals surface area (Å²) in [6.07, 6.45) is 2.58. The molecule has 0 spiro atoms. The molecule has 0 aromatic carbocycles. The van der Waals surface area contributed by atoms with E-state index in [9.17, 15) is 0 Å². The van der Waals surface area contributed by atoms with Gasteiger partial charge in [-0.25, -0.2) is 0 Å². The fraction of sp³-hybridized carbons (Fsp3) is 0.333. The minimum Gasteiger partial charge on any atom is -0.103 e. The monoisotopic (exact) mass is 140 g/mol. The summed E-state index contributed by atoms with van der Waals surface area (Å²) in [6, 6.07) is -0.948. The van der Waals surface area contributed by atoms with Gasteiger partial charge < -0.3 is 0 Å². The summed E-state index contributed by atoms with van der Waals surface area (Å²) >= 11 is 10.1. The Morgan fingerprint density at radius 3 is 2.50 bits per heavy atom. The molecule has 0 saturated carbocycles. The second-order valence-electron chi connectivity index (χ2n) is 0.848. The van der Waals surface area contributed by atoms with E-state index in [1.165, 1.54) is 0 Å². The van der Waals surface area contributed by atoms with E-state index in [0.29, 0.717) is 0 Å². The van der Waals surface area contributed by atoms with Crippen LogP contribution in [0.2, 0.25) is 0 Å². The molecule has 0 aromatic rings. The normalized spacial score (nSPS) is 13.5. The maximum Gasteiger partial charge on any atom is 0.0306 e. The summed E-state index contributed by atoms with van der Waals surface area (Å²) in [7, 11) is 0. The molecule has 0 fully saturated rings. The maximum atomic E-state index is 5.42. The van der Waals surface area contributed by atoms with Crippen LogP contribution in [0, 0.1) is 0 Å². The van der Waals surface area contributed by atoms with Crippen LogP contribution in [0.3, 0.4) is 0 Å². The molecule has 0 amide bonds. The van der Waals surface area contributed by atoms with E-state index in [0.717, 1.165) is 6.16 Å². The number of hydrogen-bond donors (Lipinski definition) is 0. The SMILES string of the molecule is C=CC[PH](=S)Cl. The van der Waals surface area contributed by atoms with Gasteiger partial charge in [-0.15, -0.1) is 6.58 Å². The van der Waals surface area contributed by atoms with Crippen LogP contribution >= 0.6 is 17.3 Å². The Morgan fingerprint density at radius 2 is 2.50 bits per heavy atom. The largest absolute Gasteiger partial charge is 0.103 e. The Balaban J connectivity index is 3.05. The zero-order valence-electron chi connectivity index (χ0n) is 3.28. The smallest absolute Gasteiger partial charge is 0.0306 e. The van der Waals surface area contributed by atoms with Crippen molar-refractivity contribution in [2.75, 3.05) is 6.16 Å². The zero-order valence-corrected chi connectivity index (χ0v) is 5.85. The summed E-state index contributed by atoms with van der Waals surface area (Å²) in [6.45, 7) is 3.48. The summed E-state index contributed by atoms with van der Waals surface area (Å²) in [4.78, 5) is 0. The van der Waals surface area contributed by atoms with Gasteiger partial charge in [0.15, 0.2) is 0 Å². The van der Waals surface area contributed by atoms with Crippen LogP contribution in [0.5, 0.6) is 0 Å². The van der Waals surface area contributed by atoms with E-state index < -0.39 is 6.05 Å². The van der Waals surface area contributed by atoms with Gasteiger partial charge in [0.05, 0.1) is 0 Å². The molecular formula is C3H6ClPS. The molecule has 36 valence electrons. The summed E-state index contributed by atoms with van der Waals surface area (Å²) in [5.74, 6) is 0. The lowest BCUT2D eigenvalue weighted by Gasteiger charge is -1.78. The fourth-order valence-electron chi connectivity index (χ4n) is 0.113. The highest BCUT2D eigenvalue weighted by Gasteiger charge is 1.75. The van der Waals surface area contributed by atoms with E-state index in [1.807, 2.05) is 0 Å². The highest BCUT2D eigenvalue weighted by molar-refractivity contribution is 8.17. The fourth-order valence-corrected chi connectivity index (χ4v) is 1.02. The number of rotatable bonds is 2. The predicted octanol–water partition coefficient (Wildman–Crippen LogP) is 2.00. The second kappa shape index (κ2) is 3.86. The first kappa shape index (κ1) is 6.68. The average Bonchev–Trinajstić information content (AvgIpc) is 1.35. The minimum absolute atomic E-state index is 0.821. The molecule has 0 rings (SSSR count). The van der Waals surface area contributed by atoms with Crippen molar-refractivity contribution in [1.82, 2.24) is 0 Å². The molecule has 0 aliphatic heterocycles. The van der Waals surface area contributed by atoms with Gasteiger partial charge in [-0.2, -0.15) is 0 Å². The van der Waals surface area contributed by atoms with E-state index in [-0.39, 0.29) is 0 Å². The first-order valence-electron chi connectivity index (χ1n) is 1.56. The topological polar surface area (TPSA) is 0 Å². The molecule has 0 bridgehead atoms. The molecular weight excluding hydrogens is 135 g/mol. The van der Waals surface area contributed by atoms with Crippen LogP contribution < -0.4 is 0 Å². The first-order valence-corrected chi connectivity index (χ1v) is 5.42. The molecule has 0 heterocycles. The van der Waals surface area contributed by atoms with Crippen molar-refractivity contribution < 1.29 is 0 Å². The highest BCUT2D eigenvalue weighted by Crippen LogP contribution is 2.25. The van der Waals surface area contributed by atoms with Gasteiger partial charge in [0.1, 0.15) is 0 Å². The first-order chi connectivity index (χ1) is 2.77. The van der Waals surface area contributed by atoms with E-state index in [2.05, 4.69) is 18.4 Å². The van der Waals surface area contributed by atoms with Gasteiger partial charge in [0.2, 0.25) is 0 Å². The van der Waals surface area contributed by atoms with Gasteiger partial charge in [0, 0.05) is 12.2 Å². The standard InChI is InChI=1S/C3H6ClPS/c1-2-3-5(4)6/h2,5H,1,3H2. The van der Waals surface area contributed by atoms with Crippen LogP contribution in [0.1, 0.15) is 0 Å². The third-order valence-corrected chi connectivity index (χ3v) is 1.88. The Labute approximate surface area is 48.4 Å². The third kappa shape index (κ3) is 4.68. The lowest BCUT2D eigenvalue weighted by atomic mass is 10.8. The average molecular weight is 141 g/mol. The molecule has 0 aromatic heterocycles. The zero-order chi connectivity index (χ0) is 4.99. The van der Waals surface area contributed by atoms with Crippen molar-refractivity contribution >= 4 is 29.1 Å². The molecule has 3 heteroatoms. The van der Waals surface area contributed by atoms with E-state index in [1.54, 1.807) is 6.08 Å². The van der Waals surface area contributed by atoms with Crippen molar-refractivity contribution in [2.24, 2.45) is 0 Å². The number of halogens is 1. The molecule has 0 N–H and O–H groups in total. The van der Waals surface area contributed by atoms with Gasteiger partial charge in [-0.1, -0.05) is 29.1 Å². The molecule has 6 heavy (non-hydrogen) atoms. The van der Waals surface area contributed by atoms with Crippen molar-refractivity contribution in [3.05, 3.63) is 12.7 Å². The highest BCUT2D eigenvalue weighted by atomic mass is 35.7. The molecule has 0 nitrogen and oxygen atoms in total. The lowest BCUT2D eigenvalue weighted by molar-refractivity contribution is 1.83. The summed E-state index contributed by atoms with van der Waals surface area (Å²) in [5, 5.41) is 0. The number of hydrogen-bond acceptors (Lipinski definition) is 1. The Bertz CT molecular complexity index is 71.2. The van der Waals surface area contributed by atoms with Crippen LogP contribution in [-0.4, -0.2) is 6.16 Å². The second-order valence-corrected chi connectivity index (χ2v) is 5.49. The molecule has 1 unspecified atom stereocenters. The molecule has 0 aliphatic rings. The minimum atomic E-state index is -0.948. The molecule has 0 saturated heterocycles. The quantitative estimate of drug-likeness (QED) is 0.418. The van der Waals surface area contributed by atoms with Crippen molar-refractivity contribution in [2.45, 2.75) is 0 Å². The lowest BCUT2D eigenvalue weighted by Crippen LogP contribution is -1.54. The van der Waals surface area contributed by atoms with Crippen LogP contribution in [0.25, 0.3) is 0 Å². The molecule has 0 radical (unpaired) electrons. The predicted molar refractivity (Wildman–Crippen MR) is 36.6 cm³/mol. The Morgan fingerprint density at radius 1 is 2.00 bits per heavy atom. The summed E-state index contributed by atoms with van der Waals surface area (Å²) in [5.41, 5.74) is 0. The van der Waals surface area contributed by atoms with Crippen LogP contribution in [-0.2, 0) is 11.8 Å². The van der Waals surface area contributed by atoms with Crippen molar-refractivity contribution in [3.63, 3.8) is 0 Å². The Kier molecular flexibility index (Phi) is 4.29. The number of allylic oxidation sites excluding steroid dienone is 1. The van der Waals surface area contributed by atoms with Crippen molar-refractivity contribution in [3.8, 4) is 0 Å². The van der Waals surface area contributed by atoms with Gasteiger partial charge in [-0.05, 0) is 0 Å². The van der Waals surface area contributed by atoms with E-state index in [4.69, 9.17) is 11.2 Å². The molecule has 1 atom stereocenters. The van der Waals surface area contributed by atoms with Crippen molar-refractivity contribution in [1.29, 1.82) is 0 Å². The third-order valence-electron chi connectivity index (χ3n) is 0.305. The maximum absolute atomic E-state index is 5.42. The Hall–Kier alpha value is 0.680.